The highest BCUT2D eigenvalue weighted by molar-refractivity contribution is 7.99. The average Bonchev–Trinajstić information content (AvgIpc) is 3.47. The van der Waals surface area contributed by atoms with Crippen molar-refractivity contribution in [3.05, 3.63) is 66.2 Å². The van der Waals surface area contributed by atoms with Gasteiger partial charge in [0.25, 0.3) is 0 Å². The van der Waals surface area contributed by atoms with Crippen LogP contribution in [-0.2, 0) is 0 Å². The lowest BCUT2D eigenvalue weighted by molar-refractivity contribution is 0.412. The number of nitrogens with zero attached hydrogens (tertiary/aromatic N) is 5. The van der Waals surface area contributed by atoms with Crippen LogP contribution in [0.25, 0.3) is 17.1 Å². The fraction of sp³-hybridized carbons (Fsp3) is 0.238. The number of ether oxygens (including phenoxy) is 1. The monoisotopic (exact) mass is 442 g/mol. The molecule has 156 valence electrons. The van der Waals surface area contributed by atoms with Crippen LogP contribution in [0.1, 0.15) is 19.8 Å². The van der Waals surface area contributed by atoms with Crippen LogP contribution in [-0.4, -0.2) is 42.8 Å². The first-order chi connectivity index (χ1) is 14.7. The number of hydrogen-bond acceptors (Lipinski definition) is 6. The maximum Gasteiger partial charge on any atom is 0.196 e. The SMILES string of the molecule is CCCCSc1nnc(-c2cccc(Cl)c2)n1-c1ccccc1OC.c1nc[nH]n1. The van der Waals surface area contributed by atoms with Crippen LogP contribution in [0.15, 0.2) is 66.3 Å². The molecular weight excluding hydrogens is 420 g/mol. The minimum absolute atomic E-state index is 0.673. The number of nitrogens with one attached hydrogen (secondary N) is 1. The third-order valence-electron chi connectivity index (χ3n) is 4.10. The molecule has 7 nitrogen and oxygen atoms in total. The number of para-hydroxylation sites is 2. The summed E-state index contributed by atoms with van der Waals surface area (Å²) in [6.07, 6.45) is 5.24. The molecule has 0 aliphatic rings. The van der Waals surface area contributed by atoms with Crippen molar-refractivity contribution in [2.45, 2.75) is 24.9 Å². The van der Waals surface area contributed by atoms with E-state index < -0.39 is 0 Å². The number of H-pyrrole nitrogens is 1. The van der Waals surface area contributed by atoms with Gasteiger partial charge in [0.05, 0.1) is 12.8 Å². The van der Waals surface area contributed by atoms with E-state index in [1.54, 1.807) is 18.9 Å². The Labute approximate surface area is 184 Å². The van der Waals surface area contributed by atoms with Crippen LogP contribution in [0.2, 0.25) is 5.02 Å². The molecule has 0 amide bonds. The molecule has 2 aromatic carbocycles. The highest BCUT2D eigenvalue weighted by Crippen LogP contribution is 2.33. The van der Waals surface area contributed by atoms with Crippen molar-refractivity contribution in [2.75, 3.05) is 12.9 Å². The van der Waals surface area contributed by atoms with Gasteiger partial charge < -0.3 is 4.74 Å². The summed E-state index contributed by atoms with van der Waals surface area (Å²) >= 11 is 7.88. The summed E-state index contributed by atoms with van der Waals surface area (Å²) in [7, 11) is 1.67. The van der Waals surface area contributed by atoms with Crippen molar-refractivity contribution in [3.8, 4) is 22.8 Å². The summed E-state index contributed by atoms with van der Waals surface area (Å²) in [4.78, 5) is 3.56. The fourth-order valence-electron chi connectivity index (χ4n) is 2.68. The molecule has 2 aromatic heterocycles. The Morgan fingerprint density at radius 3 is 2.67 bits per heavy atom. The van der Waals surface area contributed by atoms with Crippen molar-refractivity contribution >= 4 is 23.4 Å². The number of rotatable bonds is 7. The molecule has 0 saturated heterocycles. The molecule has 0 radical (unpaired) electrons. The third-order valence-corrected chi connectivity index (χ3v) is 5.35. The largest absolute Gasteiger partial charge is 0.495 e. The molecule has 1 N–H and O–H groups in total. The number of halogens is 1. The van der Waals surface area contributed by atoms with Crippen molar-refractivity contribution in [1.29, 1.82) is 0 Å². The number of unbranched alkanes of at least 4 members (excludes halogenated alkanes) is 1. The molecule has 0 unspecified atom stereocenters. The fourth-order valence-corrected chi connectivity index (χ4v) is 3.90. The molecule has 2 heterocycles. The molecule has 4 aromatic rings. The Bertz CT molecular complexity index is 1020. The Morgan fingerprint density at radius 1 is 1.13 bits per heavy atom. The second kappa shape index (κ2) is 11.4. The van der Waals surface area contributed by atoms with Gasteiger partial charge in [-0.1, -0.05) is 61.0 Å². The van der Waals surface area contributed by atoms with Gasteiger partial charge in [0, 0.05) is 16.3 Å². The van der Waals surface area contributed by atoms with Gasteiger partial charge >= 0.3 is 0 Å². The highest BCUT2D eigenvalue weighted by atomic mass is 35.5. The van der Waals surface area contributed by atoms with Gasteiger partial charge in [-0.05, 0) is 30.7 Å². The summed E-state index contributed by atoms with van der Waals surface area (Å²) in [5, 5.41) is 16.4. The molecule has 0 bridgehead atoms. The molecule has 9 heteroatoms. The van der Waals surface area contributed by atoms with E-state index in [1.807, 2.05) is 53.1 Å². The van der Waals surface area contributed by atoms with E-state index >= 15 is 0 Å². The lowest BCUT2D eigenvalue weighted by atomic mass is 10.2. The predicted octanol–water partition coefficient (Wildman–Crippen LogP) is 5.29. The van der Waals surface area contributed by atoms with E-state index in [4.69, 9.17) is 16.3 Å². The zero-order valence-corrected chi connectivity index (χ0v) is 18.4. The van der Waals surface area contributed by atoms with Crippen LogP contribution in [0.5, 0.6) is 5.75 Å². The quantitative estimate of drug-likeness (QED) is 0.309. The molecule has 0 saturated carbocycles. The second-order valence-corrected chi connectivity index (χ2v) is 7.68. The van der Waals surface area contributed by atoms with E-state index in [0.29, 0.717) is 5.02 Å². The van der Waals surface area contributed by atoms with Crippen LogP contribution >= 0.6 is 23.4 Å². The first-order valence-electron chi connectivity index (χ1n) is 9.50. The lowest BCUT2D eigenvalue weighted by Gasteiger charge is -2.14. The lowest BCUT2D eigenvalue weighted by Crippen LogP contribution is -2.02. The van der Waals surface area contributed by atoms with Crippen molar-refractivity contribution in [1.82, 2.24) is 29.9 Å². The van der Waals surface area contributed by atoms with Gasteiger partial charge in [-0.3, -0.25) is 9.67 Å². The molecule has 0 fully saturated rings. The first-order valence-corrected chi connectivity index (χ1v) is 10.9. The van der Waals surface area contributed by atoms with Crippen molar-refractivity contribution < 1.29 is 4.74 Å². The number of methoxy groups -OCH3 is 1. The summed E-state index contributed by atoms with van der Waals surface area (Å²) in [5.41, 5.74) is 1.84. The zero-order valence-electron chi connectivity index (χ0n) is 16.8. The number of aromatic amines is 1. The molecule has 0 spiro atoms. The Morgan fingerprint density at radius 2 is 2.00 bits per heavy atom. The second-order valence-electron chi connectivity index (χ2n) is 6.18. The van der Waals surface area contributed by atoms with E-state index in [2.05, 4.69) is 32.3 Å². The Hall–Kier alpha value is -2.84. The first kappa shape index (κ1) is 21.9. The maximum atomic E-state index is 6.17. The van der Waals surface area contributed by atoms with E-state index in [0.717, 1.165) is 46.6 Å². The smallest absolute Gasteiger partial charge is 0.196 e. The molecule has 0 aliphatic carbocycles. The Kier molecular flexibility index (Phi) is 8.29. The number of benzene rings is 2. The zero-order chi connectivity index (χ0) is 21.2. The third kappa shape index (κ3) is 5.61. The summed E-state index contributed by atoms with van der Waals surface area (Å²) in [6, 6.07) is 15.6. The van der Waals surface area contributed by atoms with Crippen LogP contribution in [0.3, 0.4) is 0 Å². The van der Waals surface area contributed by atoms with Gasteiger partial charge in [0.2, 0.25) is 0 Å². The van der Waals surface area contributed by atoms with Crippen LogP contribution in [0.4, 0.5) is 0 Å². The summed E-state index contributed by atoms with van der Waals surface area (Å²) in [6.45, 7) is 2.18. The van der Waals surface area contributed by atoms with Crippen molar-refractivity contribution in [3.63, 3.8) is 0 Å². The van der Waals surface area contributed by atoms with Crippen LogP contribution < -0.4 is 4.74 Å². The Balaban J connectivity index is 0.000000448. The number of aromatic nitrogens is 6. The molecule has 0 aliphatic heterocycles. The molecule has 30 heavy (non-hydrogen) atoms. The molecule has 4 rings (SSSR count). The number of hydrogen-bond donors (Lipinski definition) is 1. The van der Waals surface area contributed by atoms with Gasteiger partial charge in [-0.25, -0.2) is 4.98 Å². The van der Waals surface area contributed by atoms with Gasteiger partial charge in [-0.15, -0.1) is 10.2 Å². The van der Waals surface area contributed by atoms with E-state index in [1.165, 1.54) is 12.7 Å². The van der Waals surface area contributed by atoms with Crippen LogP contribution in [0, 0.1) is 0 Å². The van der Waals surface area contributed by atoms with E-state index in [-0.39, 0.29) is 0 Å². The minimum atomic E-state index is 0.673. The number of thioether (sulfide) groups is 1. The van der Waals surface area contributed by atoms with E-state index in [9.17, 15) is 0 Å². The standard InChI is InChI=1S/C19H20ClN3OS.C2H3N3/c1-3-4-12-25-19-22-21-18(14-8-7-9-15(20)13-14)23(19)16-10-5-6-11-17(16)24-2;1-3-2-5-4-1/h5-11,13H,3-4,12H2,1-2H3;1-2H,(H,3,4,5). The van der Waals surface area contributed by atoms with Gasteiger partial charge in [0.15, 0.2) is 11.0 Å². The molecular formula is C21H23ClN6OS. The highest BCUT2D eigenvalue weighted by Gasteiger charge is 2.18. The van der Waals surface area contributed by atoms with Crippen molar-refractivity contribution in [2.24, 2.45) is 0 Å². The normalized spacial score (nSPS) is 10.4. The average molecular weight is 443 g/mol. The minimum Gasteiger partial charge on any atom is -0.495 e. The van der Waals surface area contributed by atoms with Gasteiger partial charge in [0.1, 0.15) is 18.4 Å². The maximum absolute atomic E-state index is 6.17. The summed E-state index contributed by atoms with van der Waals surface area (Å²) in [5.74, 6) is 2.54. The predicted molar refractivity (Wildman–Crippen MR) is 120 cm³/mol. The summed E-state index contributed by atoms with van der Waals surface area (Å²) < 4.78 is 7.60. The molecule has 0 atom stereocenters. The van der Waals surface area contributed by atoms with Gasteiger partial charge in [-0.2, -0.15) is 5.10 Å². The topological polar surface area (TPSA) is 81.5 Å².